The van der Waals surface area contributed by atoms with Crippen molar-refractivity contribution >= 4 is 68.2 Å². The van der Waals surface area contributed by atoms with Gasteiger partial charge in [0.1, 0.15) is 5.37 Å². The van der Waals surface area contributed by atoms with Gasteiger partial charge in [-0.15, -0.1) is 11.8 Å². The van der Waals surface area contributed by atoms with Crippen molar-refractivity contribution in [3.05, 3.63) is 105 Å². The third-order valence-electron chi connectivity index (χ3n) is 6.39. The fourth-order valence-electron chi connectivity index (χ4n) is 4.62. The monoisotopic (exact) mass is 556 g/mol. The zero-order valence-corrected chi connectivity index (χ0v) is 21.9. The topological polar surface area (TPSA) is 118 Å². The van der Waals surface area contributed by atoms with Gasteiger partial charge in [0.2, 0.25) is 5.91 Å². The maximum absolute atomic E-state index is 13.5. The lowest BCUT2D eigenvalue weighted by Gasteiger charge is -2.25. The molecule has 0 saturated carbocycles. The van der Waals surface area contributed by atoms with E-state index in [2.05, 4.69) is 15.8 Å². The molecule has 1 amide bonds. The summed E-state index contributed by atoms with van der Waals surface area (Å²) in [6.45, 7) is -0.405. The van der Waals surface area contributed by atoms with Crippen LogP contribution >= 0.6 is 24.0 Å². The van der Waals surface area contributed by atoms with Crippen LogP contribution in [0, 0.1) is 0 Å². The van der Waals surface area contributed by atoms with E-state index in [-0.39, 0.29) is 38.6 Å². The van der Waals surface area contributed by atoms with Crippen molar-refractivity contribution < 1.29 is 9.59 Å². The molecular weight excluding hydrogens is 536 g/mol. The maximum Gasteiger partial charge on any atom is 0.281 e. The Morgan fingerprint density at radius 1 is 0.897 bits per heavy atom. The van der Waals surface area contributed by atoms with Crippen molar-refractivity contribution in [2.24, 2.45) is 0 Å². The Kier molecular flexibility index (Phi) is 6.43. The van der Waals surface area contributed by atoms with Gasteiger partial charge in [0.15, 0.2) is 10.8 Å². The van der Waals surface area contributed by atoms with E-state index in [1.54, 1.807) is 48.5 Å². The van der Waals surface area contributed by atoms with Crippen LogP contribution in [0.4, 0.5) is 0 Å². The zero-order valence-electron chi connectivity index (χ0n) is 20.2. The molecule has 1 atom stereocenters. The van der Waals surface area contributed by atoms with Crippen LogP contribution in [0.2, 0.25) is 0 Å². The first kappa shape index (κ1) is 24.9. The molecule has 12 heteroatoms. The molecular formula is C27H20N6O4S2. The highest BCUT2D eigenvalue weighted by Gasteiger charge is 2.35. The second-order valence-electron chi connectivity index (χ2n) is 8.75. The minimum absolute atomic E-state index is 0.0900. The minimum atomic E-state index is -0.716. The van der Waals surface area contributed by atoms with Gasteiger partial charge in [0.25, 0.3) is 17.0 Å². The highest BCUT2D eigenvalue weighted by molar-refractivity contribution is 8.00. The Morgan fingerprint density at radius 3 is 2.33 bits per heavy atom. The number of carbonyl (C=O) groups excluding carboxylic acids is 2. The van der Waals surface area contributed by atoms with Crippen LogP contribution in [0.1, 0.15) is 15.7 Å². The van der Waals surface area contributed by atoms with Crippen LogP contribution in [-0.4, -0.2) is 48.3 Å². The van der Waals surface area contributed by atoms with Gasteiger partial charge >= 0.3 is 0 Å². The average molecular weight is 557 g/mol. The Hall–Kier alpha value is -4.39. The van der Waals surface area contributed by atoms with E-state index in [4.69, 9.17) is 12.2 Å². The molecule has 2 aromatic heterocycles. The molecule has 10 nitrogen and oxygen atoms in total. The molecule has 2 N–H and O–H groups in total. The van der Waals surface area contributed by atoms with E-state index in [1.165, 1.54) is 16.7 Å². The predicted molar refractivity (Wildman–Crippen MR) is 154 cm³/mol. The van der Waals surface area contributed by atoms with E-state index < -0.39 is 23.6 Å². The fraction of sp³-hybridized carbons (Fsp3) is 0.111. The van der Waals surface area contributed by atoms with E-state index in [0.29, 0.717) is 10.9 Å². The molecule has 1 saturated heterocycles. The lowest BCUT2D eigenvalue weighted by atomic mass is 10.2. The van der Waals surface area contributed by atoms with E-state index in [1.807, 2.05) is 30.3 Å². The number of fused-ring (bicyclic) bond motifs is 4. The summed E-state index contributed by atoms with van der Waals surface area (Å²) in [5, 5.41) is 0.768. The van der Waals surface area contributed by atoms with Crippen molar-refractivity contribution in [3.63, 3.8) is 0 Å². The van der Waals surface area contributed by atoms with Crippen LogP contribution < -0.4 is 22.0 Å². The van der Waals surface area contributed by atoms with Crippen molar-refractivity contribution in [1.29, 1.82) is 0 Å². The standard InChI is InChI=1S/C27H20N6O4S2/c34-21(14-28-30-27(38)31-22(35)15-39-26(31)16-8-2-1-3-9-16)32-24(36)18-11-5-4-10-17(18)23-29-20-13-7-6-12-19(20)25(37)33(23)32/h1-13,26,28H,14-15H2,(H,30,38). The van der Waals surface area contributed by atoms with Crippen molar-refractivity contribution in [3.8, 4) is 0 Å². The van der Waals surface area contributed by atoms with Gasteiger partial charge in [-0.1, -0.05) is 60.7 Å². The summed E-state index contributed by atoms with van der Waals surface area (Å²) in [5.74, 6) is -0.615. The lowest BCUT2D eigenvalue weighted by molar-refractivity contribution is -0.124. The molecule has 3 aromatic carbocycles. The van der Waals surface area contributed by atoms with E-state index in [9.17, 15) is 19.2 Å². The first-order chi connectivity index (χ1) is 19.0. The molecule has 0 radical (unpaired) electrons. The van der Waals surface area contributed by atoms with E-state index >= 15 is 0 Å². The SMILES string of the molecule is O=C1CSC(c2ccccc2)N1C(=S)NNCC(=O)n1c(=O)c2ccccc2c2nc3ccccc3c(=O)n21. The number of hydrogen-bond donors (Lipinski definition) is 2. The molecule has 0 aliphatic carbocycles. The maximum atomic E-state index is 13.5. The molecule has 39 heavy (non-hydrogen) atoms. The van der Waals surface area contributed by atoms with Crippen LogP contribution in [0.3, 0.4) is 0 Å². The summed E-state index contributed by atoms with van der Waals surface area (Å²) in [6.07, 6.45) is 0. The Balaban J connectivity index is 1.32. The van der Waals surface area contributed by atoms with Crippen molar-refractivity contribution in [2.75, 3.05) is 12.3 Å². The summed E-state index contributed by atoms with van der Waals surface area (Å²) in [4.78, 5) is 59.0. The largest absolute Gasteiger partial charge is 0.297 e. The smallest absolute Gasteiger partial charge is 0.281 e. The van der Waals surface area contributed by atoms with Crippen molar-refractivity contribution in [2.45, 2.75) is 5.37 Å². The Morgan fingerprint density at radius 2 is 1.56 bits per heavy atom. The number of rotatable bonds is 4. The summed E-state index contributed by atoms with van der Waals surface area (Å²) < 4.78 is 1.81. The first-order valence-corrected chi connectivity index (χ1v) is 13.4. The number of hydrogen-bond acceptors (Lipinski definition) is 8. The zero-order chi connectivity index (χ0) is 27.1. The normalized spacial score (nSPS) is 15.3. The van der Waals surface area contributed by atoms with Gasteiger partial charge in [-0.05, 0) is 36.0 Å². The number of nitrogens with one attached hydrogen (secondary N) is 2. The van der Waals surface area contributed by atoms with E-state index in [0.717, 1.165) is 14.8 Å². The Bertz CT molecular complexity index is 1920. The number of hydrazine groups is 1. The highest BCUT2D eigenvalue weighted by Crippen LogP contribution is 2.38. The summed E-state index contributed by atoms with van der Waals surface area (Å²) in [7, 11) is 0. The van der Waals surface area contributed by atoms with Crippen LogP contribution in [-0.2, 0) is 4.79 Å². The molecule has 0 spiro atoms. The minimum Gasteiger partial charge on any atom is -0.297 e. The van der Waals surface area contributed by atoms with Crippen molar-refractivity contribution in [1.82, 2.24) is 29.9 Å². The fourth-order valence-corrected chi connectivity index (χ4v) is 6.12. The molecule has 3 heterocycles. The predicted octanol–water partition coefficient (Wildman–Crippen LogP) is 2.46. The molecule has 5 aromatic rings. The lowest BCUT2D eigenvalue weighted by Crippen LogP contribution is -2.51. The number of nitrogens with zero attached hydrogens (tertiary/aromatic N) is 4. The summed E-state index contributed by atoms with van der Waals surface area (Å²) in [6, 6.07) is 22.9. The number of aromatic nitrogens is 3. The first-order valence-electron chi connectivity index (χ1n) is 12.0. The van der Waals surface area contributed by atoms with Crippen LogP contribution in [0.15, 0.2) is 88.5 Å². The van der Waals surface area contributed by atoms with Gasteiger partial charge in [-0.3, -0.25) is 29.5 Å². The summed E-state index contributed by atoms with van der Waals surface area (Å²) >= 11 is 6.90. The Labute approximate surface area is 230 Å². The second-order valence-corrected chi connectivity index (χ2v) is 10.2. The number of para-hydroxylation sites is 1. The van der Waals surface area contributed by atoms with Gasteiger partial charge in [0, 0.05) is 5.39 Å². The molecule has 1 fully saturated rings. The number of benzene rings is 3. The number of amides is 1. The molecule has 6 rings (SSSR count). The summed E-state index contributed by atoms with van der Waals surface area (Å²) in [5.41, 5.74) is 5.82. The molecule has 1 aliphatic rings. The third kappa shape index (κ3) is 4.28. The molecule has 1 aliphatic heterocycles. The third-order valence-corrected chi connectivity index (χ3v) is 7.90. The van der Waals surface area contributed by atoms with Gasteiger partial charge in [-0.2, -0.15) is 9.20 Å². The highest BCUT2D eigenvalue weighted by atomic mass is 32.2. The molecule has 194 valence electrons. The van der Waals surface area contributed by atoms with Gasteiger partial charge in [-0.25, -0.2) is 10.4 Å². The second kappa shape index (κ2) is 10.1. The quantitative estimate of drug-likeness (QED) is 0.149. The number of thioether (sulfide) groups is 1. The van der Waals surface area contributed by atoms with Crippen LogP contribution in [0.25, 0.3) is 27.3 Å². The molecule has 1 unspecified atom stereocenters. The van der Waals surface area contributed by atoms with Gasteiger partial charge < -0.3 is 0 Å². The number of carbonyl (C=O) groups is 2. The average Bonchev–Trinajstić information content (AvgIpc) is 3.35. The molecule has 0 bridgehead atoms. The number of thiocarbonyl (C=S) groups is 1. The van der Waals surface area contributed by atoms with Crippen LogP contribution in [0.5, 0.6) is 0 Å². The van der Waals surface area contributed by atoms with Gasteiger partial charge in [0.05, 0.1) is 28.6 Å².